The molecule has 0 radical (unpaired) electrons. The SMILES string of the molecule is C#CC(=O)N(c1ccc(OCC(F)(F)F)c(Cl)c1)C1(C(=O)O)CCCC(C)C1. The summed E-state index contributed by atoms with van der Waals surface area (Å²) in [5.74, 6) is -0.322. The van der Waals surface area contributed by atoms with Crippen molar-refractivity contribution in [3.05, 3.63) is 23.2 Å². The Bertz CT molecular complexity index is 805. The van der Waals surface area contributed by atoms with Gasteiger partial charge in [0, 0.05) is 5.69 Å². The number of ether oxygens (including phenoxy) is 1. The van der Waals surface area contributed by atoms with Gasteiger partial charge >= 0.3 is 18.1 Å². The molecular formula is C19H19ClF3NO4. The number of nitrogens with zero attached hydrogens (tertiary/aromatic N) is 1. The van der Waals surface area contributed by atoms with Crippen LogP contribution in [0.1, 0.15) is 32.6 Å². The van der Waals surface area contributed by atoms with Crippen LogP contribution in [0.15, 0.2) is 18.2 Å². The van der Waals surface area contributed by atoms with Crippen LogP contribution in [-0.4, -0.2) is 35.3 Å². The van der Waals surface area contributed by atoms with Crippen molar-refractivity contribution in [3.8, 4) is 18.1 Å². The number of carbonyl (C=O) groups excluding carboxylic acids is 1. The minimum absolute atomic E-state index is 0.0442. The minimum atomic E-state index is -4.54. The van der Waals surface area contributed by atoms with Crippen LogP contribution in [0.3, 0.4) is 0 Å². The van der Waals surface area contributed by atoms with Gasteiger partial charge in [-0.2, -0.15) is 13.2 Å². The van der Waals surface area contributed by atoms with Crippen molar-refractivity contribution in [1.29, 1.82) is 0 Å². The van der Waals surface area contributed by atoms with Gasteiger partial charge < -0.3 is 9.84 Å². The molecule has 0 saturated heterocycles. The molecule has 2 atom stereocenters. The lowest BCUT2D eigenvalue weighted by atomic mass is 9.75. The van der Waals surface area contributed by atoms with Crippen molar-refractivity contribution in [2.75, 3.05) is 11.5 Å². The molecule has 28 heavy (non-hydrogen) atoms. The van der Waals surface area contributed by atoms with Gasteiger partial charge in [0.25, 0.3) is 0 Å². The smallest absolute Gasteiger partial charge is 0.422 e. The molecule has 152 valence electrons. The Balaban J connectivity index is 2.46. The maximum Gasteiger partial charge on any atom is 0.422 e. The molecule has 1 N–H and O–H groups in total. The zero-order valence-corrected chi connectivity index (χ0v) is 15.8. The summed E-state index contributed by atoms with van der Waals surface area (Å²) in [6, 6.07) is 3.62. The highest BCUT2D eigenvalue weighted by Crippen LogP contribution is 2.41. The Morgan fingerprint density at radius 3 is 2.64 bits per heavy atom. The molecule has 1 saturated carbocycles. The molecule has 1 fully saturated rings. The maximum absolute atomic E-state index is 12.5. The van der Waals surface area contributed by atoms with E-state index < -0.39 is 30.2 Å². The van der Waals surface area contributed by atoms with E-state index in [9.17, 15) is 27.9 Å². The molecule has 0 aliphatic heterocycles. The van der Waals surface area contributed by atoms with Gasteiger partial charge in [0.05, 0.1) is 5.02 Å². The number of terminal acetylenes is 1. The van der Waals surface area contributed by atoms with Gasteiger partial charge in [-0.25, -0.2) is 4.79 Å². The molecule has 0 bridgehead atoms. The Labute approximate surface area is 165 Å². The van der Waals surface area contributed by atoms with Gasteiger partial charge in [-0.05, 0) is 42.9 Å². The first kappa shape index (κ1) is 21.9. The van der Waals surface area contributed by atoms with Crippen LogP contribution in [-0.2, 0) is 9.59 Å². The summed E-state index contributed by atoms with van der Waals surface area (Å²) in [7, 11) is 0. The summed E-state index contributed by atoms with van der Waals surface area (Å²) >= 11 is 6.01. The van der Waals surface area contributed by atoms with Gasteiger partial charge in [-0.3, -0.25) is 9.69 Å². The number of carbonyl (C=O) groups is 2. The first-order chi connectivity index (χ1) is 13.0. The summed E-state index contributed by atoms with van der Waals surface area (Å²) in [6.07, 6.45) is 2.51. The lowest BCUT2D eigenvalue weighted by Gasteiger charge is -2.44. The zero-order chi connectivity index (χ0) is 21.1. The lowest BCUT2D eigenvalue weighted by molar-refractivity contribution is -0.153. The molecule has 2 rings (SSSR count). The topological polar surface area (TPSA) is 66.8 Å². The third kappa shape index (κ3) is 4.71. The van der Waals surface area contributed by atoms with Crippen molar-refractivity contribution >= 4 is 29.2 Å². The van der Waals surface area contributed by atoms with E-state index in [1.54, 1.807) is 0 Å². The fraction of sp³-hybridized carbons (Fsp3) is 0.474. The van der Waals surface area contributed by atoms with Gasteiger partial charge in [0.15, 0.2) is 6.61 Å². The highest BCUT2D eigenvalue weighted by Gasteiger charge is 2.49. The van der Waals surface area contributed by atoms with Gasteiger partial charge in [-0.1, -0.05) is 31.4 Å². The average molecular weight is 418 g/mol. The van der Waals surface area contributed by atoms with Gasteiger partial charge in [0.2, 0.25) is 0 Å². The van der Waals surface area contributed by atoms with Crippen molar-refractivity contribution in [3.63, 3.8) is 0 Å². The standard InChI is InChI=1S/C19H19ClF3NO4/c1-3-16(25)24(18(17(26)27)8-4-5-12(2)10-18)13-6-7-15(14(20)9-13)28-11-19(21,22)23/h1,6-7,9,12H,4-5,8,10-11H2,2H3,(H,26,27). The molecule has 1 aromatic carbocycles. The number of halogens is 4. The number of hydrogen-bond donors (Lipinski definition) is 1. The number of anilines is 1. The summed E-state index contributed by atoms with van der Waals surface area (Å²) in [5.41, 5.74) is -1.47. The molecule has 1 aliphatic carbocycles. The Morgan fingerprint density at radius 1 is 1.46 bits per heavy atom. The molecule has 5 nitrogen and oxygen atoms in total. The molecule has 0 aromatic heterocycles. The van der Waals surface area contributed by atoms with Crippen LogP contribution in [0, 0.1) is 18.3 Å². The number of carboxylic acid groups (broad SMARTS) is 1. The van der Waals surface area contributed by atoms with Crippen LogP contribution in [0.4, 0.5) is 18.9 Å². The van der Waals surface area contributed by atoms with Crippen molar-refractivity contribution in [2.45, 2.75) is 44.3 Å². The first-order valence-corrected chi connectivity index (χ1v) is 8.91. The monoisotopic (exact) mass is 417 g/mol. The summed E-state index contributed by atoms with van der Waals surface area (Å²) in [6.45, 7) is 0.353. The number of hydrogen-bond acceptors (Lipinski definition) is 3. The normalized spacial score (nSPS) is 22.2. The van der Waals surface area contributed by atoms with E-state index in [0.29, 0.717) is 6.42 Å². The van der Waals surface area contributed by atoms with E-state index in [-0.39, 0.29) is 35.2 Å². The molecule has 2 unspecified atom stereocenters. The van der Waals surface area contributed by atoms with Crippen molar-refractivity contribution < 1.29 is 32.6 Å². The zero-order valence-electron chi connectivity index (χ0n) is 15.1. The van der Waals surface area contributed by atoms with Crippen LogP contribution in [0.5, 0.6) is 5.75 Å². The Kier molecular flexibility index (Phi) is 6.50. The van der Waals surface area contributed by atoms with Crippen LogP contribution in [0.25, 0.3) is 0 Å². The molecular weight excluding hydrogens is 399 g/mol. The minimum Gasteiger partial charge on any atom is -0.483 e. The second-order valence-corrected chi connectivity index (χ2v) is 7.25. The highest BCUT2D eigenvalue weighted by atomic mass is 35.5. The van der Waals surface area contributed by atoms with Crippen molar-refractivity contribution in [2.24, 2.45) is 5.92 Å². The molecule has 1 amide bonds. The van der Waals surface area contributed by atoms with Crippen LogP contribution in [0.2, 0.25) is 5.02 Å². The van der Waals surface area contributed by atoms with Crippen LogP contribution >= 0.6 is 11.6 Å². The quantitative estimate of drug-likeness (QED) is 0.726. The first-order valence-electron chi connectivity index (χ1n) is 8.53. The maximum atomic E-state index is 12.5. The van der Waals surface area contributed by atoms with Gasteiger partial charge in [0.1, 0.15) is 11.3 Å². The largest absolute Gasteiger partial charge is 0.483 e. The molecule has 1 aliphatic rings. The third-order valence-electron chi connectivity index (χ3n) is 4.69. The van der Waals surface area contributed by atoms with Crippen molar-refractivity contribution in [1.82, 2.24) is 0 Å². The second kappa shape index (κ2) is 8.31. The predicted molar refractivity (Wildman–Crippen MR) is 97.3 cm³/mol. The predicted octanol–water partition coefficient (Wildman–Crippen LogP) is 4.28. The second-order valence-electron chi connectivity index (χ2n) is 6.84. The summed E-state index contributed by atoms with van der Waals surface area (Å²) in [5, 5.41) is 9.74. The fourth-order valence-corrected chi connectivity index (χ4v) is 3.77. The molecule has 0 spiro atoms. The average Bonchev–Trinajstić information content (AvgIpc) is 2.60. The van der Waals surface area contributed by atoms with E-state index in [1.165, 1.54) is 12.1 Å². The lowest BCUT2D eigenvalue weighted by Crippen LogP contribution is -2.59. The molecule has 1 aromatic rings. The number of benzene rings is 1. The third-order valence-corrected chi connectivity index (χ3v) is 4.99. The van der Waals surface area contributed by atoms with E-state index in [1.807, 2.05) is 12.8 Å². The number of carboxylic acids is 1. The molecule has 0 heterocycles. The number of alkyl halides is 3. The highest BCUT2D eigenvalue weighted by molar-refractivity contribution is 6.32. The van der Waals surface area contributed by atoms with E-state index in [2.05, 4.69) is 4.74 Å². The Hall–Kier alpha value is -2.40. The summed E-state index contributed by atoms with van der Waals surface area (Å²) in [4.78, 5) is 25.7. The fourth-order valence-electron chi connectivity index (χ4n) is 3.55. The van der Waals surface area contributed by atoms with E-state index >= 15 is 0 Å². The summed E-state index contributed by atoms with van der Waals surface area (Å²) < 4.78 is 41.7. The van der Waals surface area contributed by atoms with Crippen LogP contribution < -0.4 is 9.64 Å². The van der Waals surface area contributed by atoms with Gasteiger partial charge in [-0.15, -0.1) is 6.42 Å². The number of amides is 1. The number of aliphatic carboxylic acids is 1. The van der Waals surface area contributed by atoms with E-state index in [4.69, 9.17) is 18.0 Å². The number of rotatable bonds is 5. The Morgan fingerprint density at radius 2 is 2.14 bits per heavy atom. The molecule has 9 heteroatoms. The van der Waals surface area contributed by atoms with E-state index in [0.717, 1.165) is 17.4 Å².